The molecule has 0 aliphatic carbocycles. The maximum atomic E-state index is 10.8. The maximum absolute atomic E-state index is 10.8. The molecule has 3 aromatic rings. The van der Waals surface area contributed by atoms with Crippen LogP contribution in [0, 0.1) is 0 Å². The van der Waals surface area contributed by atoms with Gasteiger partial charge < -0.3 is 16.2 Å². The molecule has 122 valence electrons. The fourth-order valence-electron chi connectivity index (χ4n) is 2.45. The summed E-state index contributed by atoms with van der Waals surface area (Å²) in [5.41, 5.74) is 9.06. The quantitative estimate of drug-likeness (QED) is 0.660. The van der Waals surface area contributed by atoms with E-state index in [0.717, 1.165) is 27.8 Å². The Morgan fingerprint density at radius 1 is 1.21 bits per heavy atom. The molecular weight excluding hydrogens is 326 g/mol. The Morgan fingerprint density at radius 3 is 2.67 bits per heavy atom. The molecule has 0 saturated heterocycles. The van der Waals surface area contributed by atoms with E-state index in [0.29, 0.717) is 11.4 Å². The van der Waals surface area contributed by atoms with Crippen LogP contribution in [-0.2, 0) is 11.2 Å². The largest absolute Gasteiger partial charge is 0.480 e. The van der Waals surface area contributed by atoms with Crippen LogP contribution in [0.4, 0.5) is 11.4 Å². The molecule has 6 heteroatoms. The molecule has 3 rings (SSSR count). The van der Waals surface area contributed by atoms with Gasteiger partial charge in [0.25, 0.3) is 0 Å². The Bertz CT molecular complexity index is 881. The molecule has 2 aromatic carbocycles. The zero-order valence-electron chi connectivity index (χ0n) is 12.7. The molecule has 0 saturated carbocycles. The van der Waals surface area contributed by atoms with Gasteiger partial charge >= 0.3 is 5.97 Å². The Morgan fingerprint density at radius 2 is 1.96 bits per heavy atom. The highest BCUT2D eigenvalue weighted by atomic mass is 35.5. The molecule has 0 aliphatic heterocycles. The molecular formula is C18H16ClN3O2. The van der Waals surface area contributed by atoms with Gasteiger partial charge in [-0.25, -0.2) is 0 Å². The first-order chi connectivity index (χ1) is 11.5. The summed E-state index contributed by atoms with van der Waals surface area (Å²) in [4.78, 5) is 15.1. The lowest BCUT2D eigenvalue weighted by molar-refractivity contribution is -0.138. The minimum atomic E-state index is -1.00. The summed E-state index contributed by atoms with van der Waals surface area (Å²) in [6.45, 7) is 0. The minimum Gasteiger partial charge on any atom is -0.480 e. The zero-order chi connectivity index (χ0) is 17.1. The normalized spacial score (nSPS) is 12.1. The summed E-state index contributed by atoms with van der Waals surface area (Å²) in [5, 5.41) is 13.8. The second kappa shape index (κ2) is 6.86. The van der Waals surface area contributed by atoms with Gasteiger partial charge in [0.2, 0.25) is 0 Å². The van der Waals surface area contributed by atoms with E-state index in [4.69, 9.17) is 22.4 Å². The van der Waals surface area contributed by atoms with Crippen LogP contribution in [0.3, 0.4) is 0 Å². The Balaban J connectivity index is 1.80. The van der Waals surface area contributed by atoms with Crippen molar-refractivity contribution in [3.63, 3.8) is 0 Å². The number of nitrogens with one attached hydrogen (secondary N) is 1. The molecule has 5 nitrogen and oxygen atoms in total. The lowest BCUT2D eigenvalue weighted by Gasteiger charge is -2.11. The van der Waals surface area contributed by atoms with Crippen molar-refractivity contribution in [3.05, 3.63) is 65.3 Å². The predicted molar refractivity (Wildman–Crippen MR) is 95.8 cm³/mol. The highest BCUT2D eigenvalue weighted by Gasteiger charge is 2.11. The number of carbonyl (C=O) groups is 1. The van der Waals surface area contributed by atoms with Crippen molar-refractivity contribution in [1.82, 2.24) is 4.98 Å². The van der Waals surface area contributed by atoms with Crippen molar-refractivity contribution in [1.29, 1.82) is 0 Å². The van der Waals surface area contributed by atoms with E-state index in [-0.39, 0.29) is 0 Å². The first kappa shape index (κ1) is 16.2. The van der Waals surface area contributed by atoms with Crippen LogP contribution in [0.1, 0.15) is 5.56 Å². The number of halogens is 1. The second-order valence-electron chi connectivity index (χ2n) is 5.49. The summed E-state index contributed by atoms with van der Waals surface area (Å²) in [7, 11) is 0. The average Bonchev–Trinajstić information content (AvgIpc) is 2.56. The average molecular weight is 342 g/mol. The molecule has 1 heterocycles. The van der Waals surface area contributed by atoms with Crippen molar-refractivity contribution in [2.24, 2.45) is 5.73 Å². The maximum Gasteiger partial charge on any atom is 0.320 e. The number of carboxylic acids is 1. The van der Waals surface area contributed by atoms with Crippen LogP contribution in [-0.4, -0.2) is 22.1 Å². The van der Waals surface area contributed by atoms with E-state index >= 15 is 0 Å². The number of rotatable bonds is 5. The topological polar surface area (TPSA) is 88.2 Å². The molecule has 0 bridgehead atoms. The number of fused-ring (bicyclic) bond motifs is 1. The van der Waals surface area contributed by atoms with Gasteiger partial charge in [0.1, 0.15) is 6.04 Å². The summed E-state index contributed by atoms with van der Waals surface area (Å²) in [6, 6.07) is 14.1. The number of pyridine rings is 1. The minimum absolute atomic E-state index is 0.298. The van der Waals surface area contributed by atoms with E-state index in [1.165, 1.54) is 0 Å². The van der Waals surface area contributed by atoms with Gasteiger partial charge in [0, 0.05) is 28.0 Å². The number of aliphatic carboxylic acids is 1. The number of benzene rings is 2. The van der Waals surface area contributed by atoms with Crippen molar-refractivity contribution >= 4 is 39.8 Å². The molecule has 4 N–H and O–H groups in total. The molecule has 0 fully saturated rings. The predicted octanol–water partition coefficient (Wildman–Crippen LogP) is 3.59. The third-order valence-electron chi connectivity index (χ3n) is 3.71. The Hall–Kier alpha value is -2.63. The first-order valence-corrected chi connectivity index (χ1v) is 7.79. The molecule has 1 unspecified atom stereocenters. The number of aromatic nitrogens is 1. The summed E-state index contributed by atoms with van der Waals surface area (Å²) < 4.78 is 0. The van der Waals surface area contributed by atoms with Crippen LogP contribution in [0.25, 0.3) is 10.9 Å². The summed E-state index contributed by atoms with van der Waals surface area (Å²) in [6.07, 6.45) is 2.02. The number of nitrogens with zero attached hydrogens (tertiary/aromatic N) is 1. The van der Waals surface area contributed by atoms with Crippen LogP contribution in [0.2, 0.25) is 5.02 Å². The van der Waals surface area contributed by atoms with E-state index in [2.05, 4.69) is 10.3 Å². The SMILES string of the molecule is NC(Cc1ccc(Nc2ccnc3cc(Cl)ccc23)cc1)C(=O)O. The lowest BCUT2D eigenvalue weighted by atomic mass is 10.1. The molecule has 0 radical (unpaired) electrons. The van der Waals surface area contributed by atoms with Gasteiger partial charge in [0.05, 0.1) is 5.52 Å². The highest BCUT2D eigenvalue weighted by Crippen LogP contribution is 2.27. The summed E-state index contributed by atoms with van der Waals surface area (Å²) in [5.74, 6) is -1.00. The standard InChI is InChI=1S/C18H16ClN3O2/c19-12-3-6-14-16(7-8-21-17(14)10-12)22-13-4-1-11(2-5-13)9-15(20)18(23)24/h1-8,10,15H,9,20H2,(H,21,22)(H,23,24). The monoisotopic (exact) mass is 341 g/mol. The molecule has 0 aliphatic rings. The zero-order valence-corrected chi connectivity index (χ0v) is 13.5. The number of hydrogen-bond donors (Lipinski definition) is 3. The van der Waals surface area contributed by atoms with E-state index in [1.54, 1.807) is 6.20 Å². The molecule has 0 amide bonds. The number of anilines is 2. The van der Waals surface area contributed by atoms with Crippen LogP contribution >= 0.6 is 11.6 Å². The molecule has 1 aromatic heterocycles. The highest BCUT2D eigenvalue weighted by molar-refractivity contribution is 6.31. The van der Waals surface area contributed by atoms with Gasteiger partial charge in [-0.1, -0.05) is 23.7 Å². The van der Waals surface area contributed by atoms with Crippen LogP contribution < -0.4 is 11.1 Å². The molecule has 1 atom stereocenters. The van der Waals surface area contributed by atoms with E-state index in [1.807, 2.05) is 48.5 Å². The number of nitrogens with two attached hydrogens (primary N) is 1. The van der Waals surface area contributed by atoms with Gasteiger partial charge in [-0.2, -0.15) is 0 Å². The van der Waals surface area contributed by atoms with E-state index < -0.39 is 12.0 Å². The molecule has 24 heavy (non-hydrogen) atoms. The van der Waals surface area contributed by atoms with Gasteiger partial charge in [-0.15, -0.1) is 0 Å². The Kier molecular flexibility index (Phi) is 4.64. The number of hydrogen-bond acceptors (Lipinski definition) is 4. The smallest absolute Gasteiger partial charge is 0.320 e. The van der Waals surface area contributed by atoms with Crippen LogP contribution in [0.5, 0.6) is 0 Å². The Labute approximate surface area is 144 Å². The second-order valence-corrected chi connectivity index (χ2v) is 5.93. The van der Waals surface area contributed by atoms with Gasteiger partial charge in [-0.3, -0.25) is 9.78 Å². The molecule has 0 spiro atoms. The fraction of sp³-hybridized carbons (Fsp3) is 0.111. The lowest BCUT2D eigenvalue weighted by Crippen LogP contribution is -2.32. The van der Waals surface area contributed by atoms with Crippen molar-refractivity contribution in [2.45, 2.75) is 12.5 Å². The fourth-order valence-corrected chi connectivity index (χ4v) is 2.62. The van der Waals surface area contributed by atoms with Crippen molar-refractivity contribution < 1.29 is 9.90 Å². The third-order valence-corrected chi connectivity index (χ3v) is 3.95. The van der Waals surface area contributed by atoms with Gasteiger partial charge in [0.15, 0.2) is 0 Å². The first-order valence-electron chi connectivity index (χ1n) is 7.41. The van der Waals surface area contributed by atoms with Crippen molar-refractivity contribution in [3.8, 4) is 0 Å². The van der Waals surface area contributed by atoms with Crippen LogP contribution in [0.15, 0.2) is 54.7 Å². The third kappa shape index (κ3) is 3.64. The van der Waals surface area contributed by atoms with E-state index in [9.17, 15) is 4.79 Å². The summed E-state index contributed by atoms with van der Waals surface area (Å²) >= 11 is 6.00. The van der Waals surface area contributed by atoms with Crippen molar-refractivity contribution in [2.75, 3.05) is 5.32 Å². The number of carboxylic acid groups (broad SMARTS) is 1. The van der Waals surface area contributed by atoms with Gasteiger partial charge in [-0.05, 0) is 48.4 Å².